The Labute approximate surface area is 180 Å². The number of carboxylic acid groups (broad SMARTS) is 1. The summed E-state index contributed by atoms with van der Waals surface area (Å²) in [5.41, 5.74) is 5.60. The van der Waals surface area contributed by atoms with Gasteiger partial charge in [-0.2, -0.15) is 0 Å². The number of furan rings is 1. The molecule has 31 heavy (non-hydrogen) atoms. The van der Waals surface area contributed by atoms with Gasteiger partial charge in [0.25, 0.3) is 0 Å². The molecule has 2 aromatic carbocycles. The third-order valence-electron chi connectivity index (χ3n) is 6.08. The quantitative estimate of drug-likeness (QED) is 0.471. The maximum atomic E-state index is 12.3. The van der Waals surface area contributed by atoms with Gasteiger partial charge >= 0.3 is 5.97 Å². The van der Waals surface area contributed by atoms with Gasteiger partial charge in [0.15, 0.2) is 0 Å². The molecule has 0 atom stereocenters. The molecule has 156 valence electrons. The van der Waals surface area contributed by atoms with Crippen molar-refractivity contribution in [3.8, 4) is 0 Å². The van der Waals surface area contributed by atoms with Crippen LogP contribution in [0.25, 0.3) is 33.5 Å². The van der Waals surface area contributed by atoms with Crippen LogP contribution in [0.2, 0.25) is 0 Å². The summed E-state index contributed by atoms with van der Waals surface area (Å²) in [4.78, 5) is 19.5. The smallest absolute Gasteiger partial charge is 0.336 e. The second kappa shape index (κ2) is 7.67. The molecule has 5 rings (SSSR count). The molecule has 0 fully saturated rings. The fourth-order valence-corrected chi connectivity index (χ4v) is 4.56. The molecule has 5 heteroatoms. The number of para-hydroxylation sites is 2. The molecule has 0 unspecified atom stereocenters. The van der Waals surface area contributed by atoms with Crippen LogP contribution >= 0.6 is 0 Å². The van der Waals surface area contributed by atoms with Crippen molar-refractivity contribution in [1.82, 2.24) is 9.88 Å². The zero-order valence-corrected chi connectivity index (χ0v) is 17.7. The Bertz CT molecular complexity index is 1350. The van der Waals surface area contributed by atoms with Crippen molar-refractivity contribution < 1.29 is 14.3 Å². The molecule has 1 aliphatic heterocycles. The molecule has 0 amide bonds. The number of carboxylic acids is 1. The second-order valence-corrected chi connectivity index (χ2v) is 7.90. The van der Waals surface area contributed by atoms with Crippen LogP contribution in [-0.4, -0.2) is 34.0 Å². The summed E-state index contributed by atoms with van der Waals surface area (Å²) in [6.07, 6.45) is 2.93. The van der Waals surface area contributed by atoms with Crippen LogP contribution in [0.3, 0.4) is 0 Å². The van der Waals surface area contributed by atoms with Crippen LogP contribution in [0.5, 0.6) is 0 Å². The average Bonchev–Trinajstić information content (AvgIpc) is 3.14. The van der Waals surface area contributed by atoms with Gasteiger partial charge in [-0.3, -0.25) is 4.90 Å². The third kappa shape index (κ3) is 3.22. The van der Waals surface area contributed by atoms with Gasteiger partial charge in [-0.1, -0.05) is 50.2 Å². The third-order valence-corrected chi connectivity index (χ3v) is 6.08. The van der Waals surface area contributed by atoms with E-state index in [9.17, 15) is 9.90 Å². The Morgan fingerprint density at radius 1 is 1.10 bits per heavy atom. The Hall–Kier alpha value is -3.44. The van der Waals surface area contributed by atoms with Crippen LogP contribution in [0.4, 0.5) is 0 Å². The largest absolute Gasteiger partial charge is 0.478 e. The summed E-state index contributed by atoms with van der Waals surface area (Å²) in [6, 6.07) is 15.5. The molecule has 4 aromatic rings. The molecule has 2 aromatic heterocycles. The summed E-state index contributed by atoms with van der Waals surface area (Å²) in [5, 5.41) is 11.8. The van der Waals surface area contributed by atoms with Gasteiger partial charge in [0, 0.05) is 41.4 Å². The highest BCUT2D eigenvalue weighted by Crippen LogP contribution is 2.36. The number of hydrogen-bond acceptors (Lipinski definition) is 4. The number of aromatic nitrogens is 1. The van der Waals surface area contributed by atoms with E-state index in [-0.39, 0.29) is 0 Å². The van der Waals surface area contributed by atoms with E-state index in [2.05, 4.69) is 30.9 Å². The molecule has 1 N–H and O–H groups in total. The van der Waals surface area contributed by atoms with Crippen LogP contribution in [0, 0.1) is 0 Å². The van der Waals surface area contributed by atoms with Crippen LogP contribution in [-0.2, 0) is 13.0 Å². The number of rotatable bonds is 4. The molecule has 5 nitrogen and oxygen atoms in total. The first-order valence-corrected chi connectivity index (χ1v) is 10.7. The molecule has 0 saturated carbocycles. The number of aryl methyl sites for hydroxylation is 1. The minimum atomic E-state index is -0.907. The van der Waals surface area contributed by atoms with Crippen LogP contribution in [0.1, 0.15) is 46.8 Å². The topological polar surface area (TPSA) is 66.6 Å². The van der Waals surface area contributed by atoms with Crippen molar-refractivity contribution >= 4 is 39.5 Å². The van der Waals surface area contributed by atoms with E-state index in [0.29, 0.717) is 23.0 Å². The fraction of sp³-hybridized carbons (Fsp3) is 0.231. The lowest BCUT2D eigenvalue weighted by molar-refractivity contribution is 0.0696. The fourth-order valence-electron chi connectivity index (χ4n) is 4.56. The molecule has 0 spiro atoms. The SMILES string of the molecule is CCc1oc2ccccc2c1/C=C1\CN(CC)Cc2c1nc1ccccc1c2C(=O)O. The van der Waals surface area contributed by atoms with E-state index in [4.69, 9.17) is 9.40 Å². The van der Waals surface area contributed by atoms with Gasteiger partial charge in [-0.15, -0.1) is 0 Å². The minimum absolute atomic E-state index is 0.359. The van der Waals surface area contributed by atoms with E-state index in [1.807, 2.05) is 42.5 Å². The number of nitrogens with zero attached hydrogens (tertiary/aromatic N) is 2. The summed E-state index contributed by atoms with van der Waals surface area (Å²) < 4.78 is 6.09. The molecule has 1 aliphatic rings. The van der Waals surface area contributed by atoms with Gasteiger partial charge < -0.3 is 9.52 Å². The zero-order chi connectivity index (χ0) is 21.5. The van der Waals surface area contributed by atoms with E-state index in [1.165, 1.54) is 0 Å². The average molecular weight is 412 g/mol. The number of likely N-dealkylation sites (N-methyl/N-ethyl adjacent to an activating group) is 1. The first kappa shape index (κ1) is 19.5. The highest BCUT2D eigenvalue weighted by Gasteiger charge is 2.28. The number of carbonyl (C=O) groups is 1. The maximum absolute atomic E-state index is 12.3. The van der Waals surface area contributed by atoms with E-state index in [0.717, 1.165) is 58.6 Å². The normalized spacial score (nSPS) is 15.6. The van der Waals surface area contributed by atoms with Crippen LogP contribution in [0.15, 0.2) is 52.9 Å². The zero-order valence-electron chi connectivity index (χ0n) is 17.7. The van der Waals surface area contributed by atoms with Gasteiger partial charge in [0.2, 0.25) is 0 Å². The molecule has 0 bridgehead atoms. The Balaban J connectivity index is 1.81. The van der Waals surface area contributed by atoms with Gasteiger partial charge in [0.05, 0.1) is 16.8 Å². The second-order valence-electron chi connectivity index (χ2n) is 7.90. The summed E-state index contributed by atoms with van der Waals surface area (Å²) in [6.45, 7) is 6.31. The molecule has 0 radical (unpaired) electrons. The number of fused-ring (bicyclic) bond motifs is 3. The Morgan fingerprint density at radius 2 is 1.84 bits per heavy atom. The van der Waals surface area contributed by atoms with E-state index in [1.54, 1.807) is 0 Å². The molecule has 3 heterocycles. The Morgan fingerprint density at radius 3 is 2.58 bits per heavy atom. The predicted molar refractivity (Wildman–Crippen MR) is 123 cm³/mol. The van der Waals surface area contributed by atoms with Gasteiger partial charge in [-0.05, 0) is 30.3 Å². The number of pyridine rings is 1. The molecule has 0 aliphatic carbocycles. The van der Waals surface area contributed by atoms with E-state index >= 15 is 0 Å². The summed E-state index contributed by atoms with van der Waals surface area (Å²) >= 11 is 0. The van der Waals surface area contributed by atoms with Crippen molar-refractivity contribution in [2.24, 2.45) is 0 Å². The van der Waals surface area contributed by atoms with Crippen molar-refractivity contribution in [1.29, 1.82) is 0 Å². The molecular weight excluding hydrogens is 388 g/mol. The Kier molecular flexibility index (Phi) is 4.83. The standard InChI is InChI=1S/C26H24N2O3/c1-3-22-19(17-9-6-8-12-23(17)31-22)13-16-14-28(4-2)15-20-24(26(29)30)18-10-5-7-11-21(18)27-25(16)20/h5-13H,3-4,14-15H2,1-2H3,(H,29,30)/b16-13+. The first-order valence-electron chi connectivity index (χ1n) is 10.7. The monoisotopic (exact) mass is 412 g/mol. The lowest BCUT2D eigenvalue weighted by atomic mass is 9.91. The number of aromatic carboxylic acids is 1. The molecular formula is C26H24N2O3. The highest BCUT2D eigenvalue weighted by molar-refractivity contribution is 6.06. The highest BCUT2D eigenvalue weighted by atomic mass is 16.4. The van der Waals surface area contributed by atoms with Crippen molar-refractivity contribution in [2.75, 3.05) is 13.1 Å². The van der Waals surface area contributed by atoms with E-state index < -0.39 is 5.97 Å². The predicted octanol–water partition coefficient (Wildman–Crippen LogP) is 5.62. The van der Waals surface area contributed by atoms with Crippen molar-refractivity contribution in [3.05, 3.63) is 76.7 Å². The summed E-state index contributed by atoms with van der Waals surface area (Å²) in [5.74, 6) is 0.0262. The number of hydrogen-bond donors (Lipinski definition) is 1. The maximum Gasteiger partial charge on any atom is 0.336 e. The number of benzene rings is 2. The molecule has 0 saturated heterocycles. The van der Waals surface area contributed by atoms with Crippen LogP contribution < -0.4 is 0 Å². The van der Waals surface area contributed by atoms with Crippen molar-refractivity contribution in [3.63, 3.8) is 0 Å². The van der Waals surface area contributed by atoms with Gasteiger partial charge in [-0.25, -0.2) is 9.78 Å². The first-order chi connectivity index (χ1) is 15.1. The minimum Gasteiger partial charge on any atom is -0.478 e. The lowest BCUT2D eigenvalue weighted by Crippen LogP contribution is -2.31. The summed E-state index contributed by atoms with van der Waals surface area (Å²) in [7, 11) is 0. The lowest BCUT2D eigenvalue weighted by Gasteiger charge is -2.30. The van der Waals surface area contributed by atoms with Gasteiger partial charge in [0.1, 0.15) is 11.3 Å². The van der Waals surface area contributed by atoms with Crippen molar-refractivity contribution in [2.45, 2.75) is 26.8 Å².